The molecule has 124 valence electrons. The number of anilines is 1. The Labute approximate surface area is 141 Å². The fraction of sp³-hybridized carbons (Fsp3) is 0.500. The molecule has 0 aliphatic heterocycles. The molecule has 6 nitrogen and oxygen atoms in total. The van der Waals surface area contributed by atoms with E-state index in [1.165, 1.54) is 24.2 Å². The van der Waals surface area contributed by atoms with Gasteiger partial charge in [-0.15, -0.1) is 10.2 Å². The Morgan fingerprint density at radius 1 is 1.35 bits per heavy atom. The van der Waals surface area contributed by atoms with Crippen LogP contribution in [-0.2, 0) is 11.2 Å². The quantitative estimate of drug-likeness (QED) is 0.752. The summed E-state index contributed by atoms with van der Waals surface area (Å²) in [6.45, 7) is 2.17. The smallest absolute Gasteiger partial charge is 0.248 e. The van der Waals surface area contributed by atoms with Crippen LogP contribution in [0, 0.1) is 0 Å². The van der Waals surface area contributed by atoms with E-state index in [1.54, 1.807) is 12.4 Å². The lowest BCUT2D eigenvalue weighted by Gasteiger charge is -2.22. The summed E-state index contributed by atoms with van der Waals surface area (Å²) in [7, 11) is 3.74. The van der Waals surface area contributed by atoms with Crippen molar-refractivity contribution in [3.05, 3.63) is 35.1 Å². The molecule has 0 aliphatic rings. The van der Waals surface area contributed by atoms with Gasteiger partial charge in [0.2, 0.25) is 11.0 Å². The van der Waals surface area contributed by atoms with E-state index in [4.69, 9.17) is 0 Å². The van der Waals surface area contributed by atoms with E-state index >= 15 is 0 Å². The largest absolute Gasteiger partial charge is 0.299 e. The van der Waals surface area contributed by atoms with Gasteiger partial charge in [-0.1, -0.05) is 37.2 Å². The van der Waals surface area contributed by atoms with Crippen LogP contribution in [0.3, 0.4) is 0 Å². The van der Waals surface area contributed by atoms with Gasteiger partial charge in [0.1, 0.15) is 11.0 Å². The van der Waals surface area contributed by atoms with Gasteiger partial charge in [-0.3, -0.25) is 20.0 Å². The molecule has 7 heteroatoms. The topological polar surface area (TPSA) is 71.0 Å². The molecule has 1 atom stereocenters. The van der Waals surface area contributed by atoms with Crippen molar-refractivity contribution in [2.45, 2.75) is 38.6 Å². The van der Waals surface area contributed by atoms with E-state index in [-0.39, 0.29) is 5.91 Å². The van der Waals surface area contributed by atoms with Crippen LogP contribution in [0.1, 0.15) is 42.8 Å². The highest BCUT2D eigenvalue weighted by atomic mass is 32.1. The second kappa shape index (κ2) is 8.69. The van der Waals surface area contributed by atoms with E-state index in [2.05, 4.69) is 27.4 Å². The SMILES string of the molecule is CCCCCc1nnc(NC(=O)C(c2cccnc2)N(C)C)s1. The molecule has 2 rings (SSSR count). The van der Waals surface area contributed by atoms with Crippen LogP contribution in [0.2, 0.25) is 0 Å². The number of hydrogen-bond acceptors (Lipinski definition) is 6. The lowest BCUT2D eigenvalue weighted by atomic mass is 10.1. The molecule has 0 fully saturated rings. The molecule has 1 amide bonds. The zero-order valence-corrected chi connectivity index (χ0v) is 14.6. The second-order valence-electron chi connectivity index (χ2n) is 5.60. The van der Waals surface area contributed by atoms with Crippen molar-refractivity contribution >= 4 is 22.4 Å². The molecule has 2 aromatic heterocycles. The van der Waals surface area contributed by atoms with Crippen molar-refractivity contribution in [2.75, 3.05) is 19.4 Å². The van der Waals surface area contributed by atoms with Crippen LogP contribution in [0.5, 0.6) is 0 Å². The number of unbranched alkanes of at least 4 members (excludes halogenated alkanes) is 2. The van der Waals surface area contributed by atoms with Crippen LogP contribution < -0.4 is 5.32 Å². The average molecular weight is 333 g/mol. The van der Waals surface area contributed by atoms with E-state index < -0.39 is 6.04 Å². The van der Waals surface area contributed by atoms with Crippen LogP contribution >= 0.6 is 11.3 Å². The summed E-state index contributed by atoms with van der Waals surface area (Å²) in [5.74, 6) is -0.126. The third-order valence-electron chi connectivity index (χ3n) is 3.46. The Bertz CT molecular complexity index is 614. The first kappa shape index (κ1) is 17.5. The molecule has 0 saturated heterocycles. The summed E-state index contributed by atoms with van der Waals surface area (Å²) < 4.78 is 0. The number of aryl methyl sites for hydroxylation is 1. The molecule has 0 saturated carbocycles. The molecule has 0 radical (unpaired) electrons. The Morgan fingerprint density at radius 2 is 2.17 bits per heavy atom. The molecule has 0 bridgehead atoms. The summed E-state index contributed by atoms with van der Waals surface area (Å²) in [5, 5.41) is 12.6. The monoisotopic (exact) mass is 333 g/mol. The van der Waals surface area contributed by atoms with Crippen molar-refractivity contribution in [2.24, 2.45) is 0 Å². The molecule has 2 aromatic rings. The molecule has 0 spiro atoms. The molecule has 23 heavy (non-hydrogen) atoms. The zero-order valence-electron chi connectivity index (χ0n) is 13.8. The first-order valence-corrected chi connectivity index (χ1v) is 8.63. The average Bonchev–Trinajstić information content (AvgIpc) is 2.96. The third-order valence-corrected chi connectivity index (χ3v) is 4.35. The van der Waals surface area contributed by atoms with Crippen molar-refractivity contribution in [1.29, 1.82) is 0 Å². The van der Waals surface area contributed by atoms with Gasteiger partial charge in [0.15, 0.2) is 0 Å². The van der Waals surface area contributed by atoms with E-state index in [1.807, 2.05) is 31.1 Å². The first-order valence-electron chi connectivity index (χ1n) is 7.81. The van der Waals surface area contributed by atoms with Gasteiger partial charge in [-0.25, -0.2) is 0 Å². The minimum atomic E-state index is -0.406. The maximum absolute atomic E-state index is 12.6. The van der Waals surface area contributed by atoms with Crippen LogP contribution in [0.25, 0.3) is 0 Å². The lowest BCUT2D eigenvalue weighted by Crippen LogP contribution is -2.32. The van der Waals surface area contributed by atoms with Gasteiger partial charge in [0.05, 0.1) is 0 Å². The Kier molecular flexibility index (Phi) is 6.61. The number of pyridine rings is 1. The third kappa shape index (κ3) is 5.07. The molecule has 1 N–H and O–H groups in total. The molecule has 0 aliphatic carbocycles. The number of nitrogens with one attached hydrogen (secondary N) is 1. The van der Waals surface area contributed by atoms with Crippen LogP contribution in [0.4, 0.5) is 5.13 Å². The number of carbonyl (C=O) groups excluding carboxylic acids is 1. The normalized spacial score (nSPS) is 12.3. The molecular formula is C16H23N5OS. The second-order valence-corrected chi connectivity index (χ2v) is 6.66. The summed E-state index contributed by atoms with van der Waals surface area (Å²) >= 11 is 1.45. The van der Waals surface area contributed by atoms with E-state index in [0.29, 0.717) is 5.13 Å². The van der Waals surface area contributed by atoms with E-state index in [0.717, 1.165) is 23.4 Å². The van der Waals surface area contributed by atoms with E-state index in [9.17, 15) is 4.79 Å². The number of hydrogen-bond donors (Lipinski definition) is 1. The number of likely N-dealkylation sites (N-methyl/N-ethyl adjacent to an activating group) is 1. The number of nitrogens with zero attached hydrogens (tertiary/aromatic N) is 4. The van der Waals surface area contributed by atoms with Gasteiger partial charge >= 0.3 is 0 Å². The fourth-order valence-electron chi connectivity index (χ4n) is 2.33. The molecule has 2 heterocycles. The predicted molar refractivity (Wildman–Crippen MR) is 92.4 cm³/mol. The highest BCUT2D eigenvalue weighted by molar-refractivity contribution is 7.15. The van der Waals surface area contributed by atoms with Crippen molar-refractivity contribution in [3.63, 3.8) is 0 Å². The van der Waals surface area contributed by atoms with Crippen molar-refractivity contribution < 1.29 is 4.79 Å². The molecular weight excluding hydrogens is 310 g/mol. The van der Waals surface area contributed by atoms with Gasteiger partial charge in [0.25, 0.3) is 0 Å². The fourth-order valence-corrected chi connectivity index (χ4v) is 3.11. The van der Waals surface area contributed by atoms with Crippen molar-refractivity contribution in [3.8, 4) is 0 Å². The Morgan fingerprint density at radius 3 is 2.83 bits per heavy atom. The van der Waals surface area contributed by atoms with Gasteiger partial charge in [-0.05, 0) is 32.1 Å². The minimum Gasteiger partial charge on any atom is -0.299 e. The van der Waals surface area contributed by atoms with Crippen LogP contribution in [-0.4, -0.2) is 40.1 Å². The number of rotatable bonds is 8. The summed E-state index contributed by atoms with van der Waals surface area (Å²) in [5.41, 5.74) is 0.850. The minimum absolute atomic E-state index is 0.126. The Balaban J connectivity index is 2.02. The van der Waals surface area contributed by atoms with Crippen molar-refractivity contribution in [1.82, 2.24) is 20.1 Å². The summed E-state index contributed by atoms with van der Waals surface area (Å²) in [4.78, 5) is 18.5. The van der Waals surface area contributed by atoms with Crippen LogP contribution in [0.15, 0.2) is 24.5 Å². The number of amides is 1. The van der Waals surface area contributed by atoms with Gasteiger partial charge < -0.3 is 0 Å². The standard InChI is InChI=1S/C16H23N5OS/c1-4-5-6-9-13-19-20-16(23-13)18-15(22)14(21(2)3)12-8-7-10-17-11-12/h7-8,10-11,14H,4-6,9H2,1-3H3,(H,18,20,22). The summed E-state index contributed by atoms with van der Waals surface area (Å²) in [6, 6.07) is 3.32. The zero-order chi connectivity index (χ0) is 16.7. The first-order chi connectivity index (χ1) is 11.1. The lowest BCUT2D eigenvalue weighted by molar-refractivity contribution is -0.120. The maximum Gasteiger partial charge on any atom is 0.248 e. The Hall–Kier alpha value is -1.86. The number of aromatic nitrogens is 3. The highest BCUT2D eigenvalue weighted by Crippen LogP contribution is 2.22. The highest BCUT2D eigenvalue weighted by Gasteiger charge is 2.24. The van der Waals surface area contributed by atoms with Gasteiger partial charge in [0, 0.05) is 18.8 Å². The molecule has 1 unspecified atom stereocenters. The number of carbonyl (C=O) groups is 1. The molecule has 0 aromatic carbocycles. The maximum atomic E-state index is 12.6. The van der Waals surface area contributed by atoms with Gasteiger partial charge in [-0.2, -0.15) is 0 Å². The summed E-state index contributed by atoms with van der Waals surface area (Å²) in [6.07, 6.45) is 7.79. The predicted octanol–water partition coefficient (Wildman–Crippen LogP) is 2.91.